The number of anilines is 2. The molecule has 2 aromatic rings. The molecule has 0 spiro atoms. The Hall–Kier alpha value is -2.08. The Balaban J connectivity index is 2.16. The minimum absolute atomic E-state index is 0.211. The van der Waals surface area contributed by atoms with Crippen LogP contribution >= 0.6 is 11.3 Å². The number of nitrogens with two attached hydrogens (primary N) is 1. The minimum Gasteiger partial charge on any atom is -0.497 e. The van der Waals surface area contributed by atoms with Gasteiger partial charge in [0, 0.05) is 5.69 Å². The molecule has 1 amide bonds. The van der Waals surface area contributed by atoms with Crippen molar-refractivity contribution in [2.75, 3.05) is 18.2 Å². The van der Waals surface area contributed by atoms with Crippen LogP contribution in [0.25, 0.3) is 0 Å². The van der Waals surface area contributed by atoms with Gasteiger partial charge in [0.25, 0.3) is 5.91 Å². The Kier molecular flexibility index (Phi) is 3.47. The van der Waals surface area contributed by atoms with Gasteiger partial charge >= 0.3 is 0 Å². The molecule has 0 aliphatic rings. The van der Waals surface area contributed by atoms with Crippen molar-refractivity contribution in [1.29, 1.82) is 0 Å². The van der Waals surface area contributed by atoms with Gasteiger partial charge in [-0.25, -0.2) is 4.98 Å². The van der Waals surface area contributed by atoms with Gasteiger partial charge in [-0.1, -0.05) is 11.3 Å². The van der Waals surface area contributed by atoms with E-state index < -0.39 is 0 Å². The van der Waals surface area contributed by atoms with E-state index >= 15 is 0 Å². The fourth-order valence-electron chi connectivity index (χ4n) is 1.48. The van der Waals surface area contributed by atoms with Crippen LogP contribution in [-0.2, 0) is 0 Å². The molecule has 1 heterocycles. The summed E-state index contributed by atoms with van der Waals surface area (Å²) in [5.41, 5.74) is 7.16. The fraction of sp³-hybridized carbons (Fsp3) is 0.167. The van der Waals surface area contributed by atoms with Gasteiger partial charge in [-0.2, -0.15) is 0 Å². The Bertz CT molecular complexity index is 580. The Morgan fingerprint density at radius 1 is 1.50 bits per heavy atom. The monoisotopic (exact) mass is 263 g/mol. The van der Waals surface area contributed by atoms with E-state index in [2.05, 4.69) is 10.3 Å². The van der Waals surface area contributed by atoms with Gasteiger partial charge in [0.05, 0.1) is 13.3 Å². The lowest BCUT2D eigenvalue weighted by Crippen LogP contribution is -2.11. The van der Waals surface area contributed by atoms with Gasteiger partial charge in [0.2, 0.25) is 0 Å². The SMILES string of the molecule is COc1ccc(NC(=O)c2cnc(N)s2)c(C)c1. The van der Waals surface area contributed by atoms with E-state index in [1.54, 1.807) is 19.2 Å². The summed E-state index contributed by atoms with van der Waals surface area (Å²) < 4.78 is 5.11. The first-order chi connectivity index (χ1) is 8.60. The molecule has 5 nitrogen and oxygen atoms in total. The summed E-state index contributed by atoms with van der Waals surface area (Å²) in [5.74, 6) is 0.546. The van der Waals surface area contributed by atoms with Crippen molar-refractivity contribution < 1.29 is 9.53 Å². The maximum absolute atomic E-state index is 11.9. The molecule has 0 radical (unpaired) electrons. The molecule has 18 heavy (non-hydrogen) atoms. The number of benzene rings is 1. The van der Waals surface area contributed by atoms with Crippen LogP contribution in [0.2, 0.25) is 0 Å². The summed E-state index contributed by atoms with van der Waals surface area (Å²) in [7, 11) is 1.60. The quantitative estimate of drug-likeness (QED) is 0.890. The van der Waals surface area contributed by atoms with Gasteiger partial charge in [-0.05, 0) is 30.7 Å². The van der Waals surface area contributed by atoms with Crippen molar-refractivity contribution in [3.05, 3.63) is 34.8 Å². The molecule has 0 bridgehead atoms. The summed E-state index contributed by atoms with van der Waals surface area (Å²) in [6.07, 6.45) is 1.47. The third kappa shape index (κ3) is 2.60. The van der Waals surface area contributed by atoms with E-state index in [1.807, 2.05) is 13.0 Å². The molecule has 94 valence electrons. The predicted molar refractivity (Wildman–Crippen MR) is 72.2 cm³/mol. The van der Waals surface area contributed by atoms with E-state index in [-0.39, 0.29) is 5.91 Å². The molecule has 2 rings (SSSR count). The normalized spacial score (nSPS) is 10.1. The summed E-state index contributed by atoms with van der Waals surface area (Å²) in [4.78, 5) is 16.2. The lowest BCUT2D eigenvalue weighted by atomic mass is 10.2. The number of hydrogen-bond acceptors (Lipinski definition) is 5. The molecule has 1 aromatic heterocycles. The number of rotatable bonds is 3. The van der Waals surface area contributed by atoms with Crippen LogP contribution in [0.15, 0.2) is 24.4 Å². The second-order valence-corrected chi connectivity index (χ2v) is 4.76. The molecule has 3 N–H and O–H groups in total. The Morgan fingerprint density at radius 2 is 2.28 bits per heavy atom. The zero-order chi connectivity index (χ0) is 13.1. The van der Waals surface area contributed by atoms with Crippen LogP contribution < -0.4 is 15.8 Å². The van der Waals surface area contributed by atoms with Crippen molar-refractivity contribution in [1.82, 2.24) is 4.98 Å². The number of ether oxygens (including phenoxy) is 1. The number of aromatic nitrogens is 1. The van der Waals surface area contributed by atoms with Gasteiger partial charge in [0.1, 0.15) is 10.6 Å². The van der Waals surface area contributed by atoms with E-state index in [0.29, 0.717) is 10.0 Å². The van der Waals surface area contributed by atoms with Crippen LogP contribution in [0.5, 0.6) is 5.75 Å². The van der Waals surface area contributed by atoms with Crippen molar-refractivity contribution in [2.45, 2.75) is 6.92 Å². The molecule has 1 aromatic carbocycles. The number of nitrogens with zero attached hydrogens (tertiary/aromatic N) is 1. The first kappa shape index (κ1) is 12.4. The highest BCUT2D eigenvalue weighted by Crippen LogP contribution is 2.22. The maximum atomic E-state index is 11.9. The molecule has 0 saturated carbocycles. The first-order valence-corrected chi connectivity index (χ1v) is 6.09. The largest absolute Gasteiger partial charge is 0.497 e. The van der Waals surface area contributed by atoms with Crippen molar-refractivity contribution in [3.63, 3.8) is 0 Å². The van der Waals surface area contributed by atoms with Gasteiger partial charge in [-0.3, -0.25) is 4.79 Å². The number of thiazole rings is 1. The third-order valence-corrected chi connectivity index (χ3v) is 3.25. The van der Waals surface area contributed by atoms with Crippen LogP contribution in [0.4, 0.5) is 10.8 Å². The number of nitrogen functional groups attached to an aromatic ring is 1. The Morgan fingerprint density at radius 3 is 2.83 bits per heavy atom. The van der Waals surface area contributed by atoms with Crippen molar-refractivity contribution in [3.8, 4) is 5.75 Å². The number of hydrogen-bond donors (Lipinski definition) is 2. The molecule has 0 saturated heterocycles. The third-order valence-electron chi connectivity index (χ3n) is 2.43. The molecule has 0 unspecified atom stereocenters. The molecular weight excluding hydrogens is 250 g/mol. The number of carbonyl (C=O) groups excluding carboxylic acids is 1. The van der Waals surface area contributed by atoms with Gasteiger partial charge < -0.3 is 15.8 Å². The number of nitrogens with one attached hydrogen (secondary N) is 1. The minimum atomic E-state index is -0.211. The zero-order valence-electron chi connectivity index (χ0n) is 10.1. The van der Waals surface area contributed by atoms with Crippen LogP contribution in [0.1, 0.15) is 15.2 Å². The molecule has 0 aliphatic carbocycles. The number of amides is 1. The lowest BCUT2D eigenvalue weighted by molar-refractivity contribution is 0.103. The highest BCUT2D eigenvalue weighted by atomic mass is 32.1. The summed E-state index contributed by atoms with van der Waals surface area (Å²) in [6.45, 7) is 1.90. The number of aryl methyl sites for hydroxylation is 1. The first-order valence-electron chi connectivity index (χ1n) is 5.27. The van der Waals surface area contributed by atoms with Crippen LogP contribution in [0, 0.1) is 6.92 Å². The average molecular weight is 263 g/mol. The summed E-state index contributed by atoms with van der Waals surface area (Å²) in [6, 6.07) is 5.46. The highest BCUT2D eigenvalue weighted by molar-refractivity contribution is 7.17. The van der Waals surface area contributed by atoms with E-state index in [4.69, 9.17) is 10.5 Å². The Labute approximate surface area is 109 Å². The number of carbonyl (C=O) groups is 1. The van der Waals surface area contributed by atoms with E-state index in [0.717, 1.165) is 28.3 Å². The second-order valence-electron chi connectivity index (χ2n) is 3.70. The maximum Gasteiger partial charge on any atom is 0.267 e. The number of methoxy groups -OCH3 is 1. The van der Waals surface area contributed by atoms with E-state index in [9.17, 15) is 4.79 Å². The zero-order valence-corrected chi connectivity index (χ0v) is 10.9. The molecule has 0 aliphatic heterocycles. The van der Waals surface area contributed by atoms with Crippen molar-refractivity contribution >= 4 is 28.1 Å². The topological polar surface area (TPSA) is 77.2 Å². The highest BCUT2D eigenvalue weighted by Gasteiger charge is 2.11. The molecule has 6 heteroatoms. The molecule has 0 fully saturated rings. The fourth-order valence-corrected chi connectivity index (χ4v) is 2.06. The second kappa shape index (κ2) is 5.05. The van der Waals surface area contributed by atoms with E-state index in [1.165, 1.54) is 6.20 Å². The summed E-state index contributed by atoms with van der Waals surface area (Å²) >= 11 is 1.16. The lowest BCUT2D eigenvalue weighted by Gasteiger charge is -2.08. The van der Waals surface area contributed by atoms with Crippen LogP contribution in [-0.4, -0.2) is 18.0 Å². The van der Waals surface area contributed by atoms with Gasteiger partial charge in [-0.15, -0.1) is 0 Å². The van der Waals surface area contributed by atoms with Gasteiger partial charge in [0.15, 0.2) is 5.13 Å². The van der Waals surface area contributed by atoms with Crippen LogP contribution in [0.3, 0.4) is 0 Å². The smallest absolute Gasteiger partial charge is 0.267 e. The predicted octanol–water partition coefficient (Wildman–Crippen LogP) is 2.29. The van der Waals surface area contributed by atoms with Crippen molar-refractivity contribution in [2.24, 2.45) is 0 Å². The summed E-state index contributed by atoms with van der Waals surface area (Å²) in [5, 5.41) is 3.19. The molecule has 0 atom stereocenters. The average Bonchev–Trinajstić information content (AvgIpc) is 2.78. The standard InChI is InChI=1S/C12H13N3O2S/c1-7-5-8(17-2)3-4-9(7)15-11(16)10-6-14-12(13)18-10/h3-6H,1-2H3,(H2,13,14)(H,15,16). The molecular formula is C12H13N3O2S.